The molecule has 1 aliphatic rings. The van der Waals surface area contributed by atoms with E-state index >= 15 is 0 Å². The number of rotatable bonds is 4. The van der Waals surface area contributed by atoms with Gasteiger partial charge in [-0.1, -0.05) is 12.1 Å². The topological polar surface area (TPSA) is 59.4 Å². The number of nitrogens with zero attached hydrogens (tertiary/aromatic N) is 3. The zero-order valence-corrected chi connectivity index (χ0v) is 14.5. The fraction of sp³-hybridized carbons (Fsp3) is 0.200. The Bertz CT molecular complexity index is 882. The fourth-order valence-electron chi connectivity index (χ4n) is 2.86. The summed E-state index contributed by atoms with van der Waals surface area (Å²) in [7, 11) is 0. The van der Waals surface area contributed by atoms with E-state index in [4.69, 9.17) is 0 Å². The summed E-state index contributed by atoms with van der Waals surface area (Å²) in [5.41, 5.74) is 0.994. The van der Waals surface area contributed by atoms with E-state index < -0.39 is 11.7 Å². The second-order valence-electron chi connectivity index (χ2n) is 6.05. The molecule has 0 radical (unpaired) electrons. The summed E-state index contributed by atoms with van der Waals surface area (Å²) >= 11 is 0. The van der Waals surface area contributed by atoms with Gasteiger partial charge in [0.25, 0.3) is 5.91 Å². The predicted molar refractivity (Wildman–Crippen MR) is 98.9 cm³/mol. The summed E-state index contributed by atoms with van der Waals surface area (Å²) < 4.78 is 26.7. The van der Waals surface area contributed by atoms with Crippen LogP contribution in [-0.2, 0) is 4.79 Å². The number of anilines is 2. The molecule has 0 aliphatic carbocycles. The van der Waals surface area contributed by atoms with Crippen molar-refractivity contribution in [1.82, 2.24) is 4.90 Å². The SMILES string of the molecule is N#C/C(=C/Nc1ccccc1F)C(=O)N1CCN(c2ccc(F)cc2)CC1. The van der Waals surface area contributed by atoms with Crippen molar-refractivity contribution >= 4 is 17.3 Å². The van der Waals surface area contributed by atoms with E-state index in [2.05, 4.69) is 10.2 Å². The predicted octanol–water partition coefficient (Wildman–Crippen LogP) is 3.13. The van der Waals surface area contributed by atoms with Crippen molar-refractivity contribution in [2.24, 2.45) is 0 Å². The highest BCUT2D eigenvalue weighted by Gasteiger charge is 2.24. The second kappa shape index (κ2) is 8.32. The van der Waals surface area contributed by atoms with Crippen LogP contribution in [0, 0.1) is 23.0 Å². The summed E-state index contributed by atoms with van der Waals surface area (Å²) in [5, 5.41) is 12.0. The van der Waals surface area contributed by atoms with E-state index in [0.29, 0.717) is 26.2 Å². The normalized spacial score (nSPS) is 14.6. The second-order valence-corrected chi connectivity index (χ2v) is 6.05. The van der Waals surface area contributed by atoms with Crippen LogP contribution in [0.25, 0.3) is 0 Å². The number of hydrogen-bond donors (Lipinski definition) is 1. The van der Waals surface area contributed by atoms with Gasteiger partial charge in [-0.3, -0.25) is 4.79 Å². The third-order valence-corrected chi connectivity index (χ3v) is 4.36. The molecule has 0 atom stereocenters. The molecule has 0 unspecified atom stereocenters. The Balaban J connectivity index is 1.62. The van der Waals surface area contributed by atoms with Crippen LogP contribution in [0.1, 0.15) is 0 Å². The Labute approximate surface area is 156 Å². The smallest absolute Gasteiger partial charge is 0.266 e. The van der Waals surface area contributed by atoms with E-state index in [1.807, 2.05) is 6.07 Å². The van der Waals surface area contributed by atoms with Crippen LogP contribution >= 0.6 is 0 Å². The molecule has 7 heteroatoms. The summed E-state index contributed by atoms with van der Waals surface area (Å²) in [4.78, 5) is 16.2. The first-order chi connectivity index (χ1) is 13.1. The molecule has 1 heterocycles. The molecule has 5 nitrogen and oxygen atoms in total. The molecule has 1 N–H and O–H groups in total. The average molecular weight is 368 g/mol. The molecule has 2 aromatic carbocycles. The zero-order chi connectivity index (χ0) is 19.2. The highest BCUT2D eigenvalue weighted by atomic mass is 19.1. The molecule has 1 amide bonds. The quantitative estimate of drug-likeness (QED) is 0.665. The molecular weight excluding hydrogens is 350 g/mol. The minimum Gasteiger partial charge on any atom is -0.368 e. The molecule has 0 bridgehead atoms. The van der Waals surface area contributed by atoms with Gasteiger partial charge >= 0.3 is 0 Å². The van der Waals surface area contributed by atoms with Gasteiger partial charge in [-0.25, -0.2) is 8.78 Å². The Morgan fingerprint density at radius 1 is 1.04 bits per heavy atom. The zero-order valence-electron chi connectivity index (χ0n) is 14.5. The van der Waals surface area contributed by atoms with Gasteiger partial charge in [0.1, 0.15) is 23.3 Å². The number of carbonyl (C=O) groups is 1. The molecule has 138 valence electrons. The van der Waals surface area contributed by atoms with Gasteiger partial charge in [0.15, 0.2) is 0 Å². The maximum Gasteiger partial charge on any atom is 0.266 e. The maximum atomic E-state index is 13.6. The highest BCUT2D eigenvalue weighted by Crippen LogP contribution is 2.18. The number of benzene rings is 2. The van der Waals surface area contributed by atoms with E-state index in [0.717, 1.165) is 5.69 Å². The lowest BCUT2D eigenvalue weighted by molar-refractivity contribution is -0.127. The van der Waals surface area contributed by atoms with Gasteiger partial charge in [0.05, 0.1) is 5.69 Å². The number of halogens is 2. The summed E-state index contributed by atoms with van der Waals surface area (Å²) in [5.74, 6) is -1.16. The van der Waals surface area contributed by atoms with Crippen molar-refractivity contribution < 1.29 is 13.6 Å². The molecule has 1 aliphatic heterocycles. The van der Waals surface area contributed by atoms with Crippen LogP contribution in [-0.4, -0.2) is 37.0 Å². The van der Waals surface area contributed by atoms with Crippen LogP contribution in [0.5, 0.6) is 0 Å². The standard InChI is InChI=1S/C20H18F2N4O/c21-16-5-7-17(8-6-16)25-9-11-26(12-10-25)20(27)15(13-23)14-24-19-4-2-1-3-18(19)22/h1-8,14,24H,9-12H2/b15-14-. The molecule has 27 heavy (non-hydrogen) atoms. The van der Waals surface area contributed by atoms with Crippen LogP contribution in [0.2, 0.25) is 0 Å². The van der Waals surface area contributed by atoms with Gasteiger partial charge in [-0.15, -0.1) is 0 Å². The van der Waals surface area contributed by atoms with Crippen molar-refractivity contribution in [3.8, 4) is 6.07 Å². The monoisotopic (exact) mass is 368 g/mol. The number of hydrogen-bond acceptors (Lipinski definition) is 4. The molecule has 1 saturated heterocycles. The van der Waals surface area contributed by atoms with Gasteiger partial charge in [0, 0.05) is 38.1 Å². The lowest BCUT2D eigenvalue weighted by Crippen LogP contribution is -2.49. The van der Waals surface area contributed by atoms with Gasteiger partial charge in [-0.05, 0) is 36.4 Å². The Kier molecular flexibility index (Phi) is 5.67. The third kappa shape index (κ3) is 4.42. The van der Waals surface area contributed by atoms with Gasteiger partial charge in [-0.2, -0.15) is 5.26 Å². The Hall–Kier alpha value is -3.40. The number of nitriles is 1. The number of nitrogens with one attached hydrogen (secondary N) is 1. The fourth-order valence-corrected chi connectivity index (χ4v) is 2.86. The molecule has 1 fully saturated rings. The number of piperazine rings is 1. The third-order valence-electron chi connectivity index (χ3n) is 4.36. The van der Waals surface area contributed by atoms with Gasteiger partial charge in [0.2, 0.25) is 0 Å². The van der Waals surface area contributed by atoms with Crippen molar-refractivity contribution in [3.05, 3.63) is 71.9 Å². The summed E-state index contributed by atoms with van der Waals surface area (Å²) in [6.07, 6.45) is 1.23. The number of carbonyl (C=O) groups excluding carboxylic acids is 1. The van der Waals surface area contributed by atoms with Crippen molar-refractivity contribution in [3.63, 3.8) is 0 Å². The molecule has 3 rings (SSSR count). The van der Waals surface area contributed by atoms with Crippen molar-refractivity contribution in [2.45, 2.75) is 0 Å². The van der Waals surface area contributed by atoms with Crippen LogP contribution in [0.4, 0.5) is 20.2 Å². The van der Waals surface area contributed by atoms with Crippen molar-refractivity contribution in [2.75, 3.05) is 36.4 Å². The van der Waals surface area contributed by atoms with Crippen LogP contribution in [0.15, 0.2) is 60.3 Å². The molecular formula is C20H18F2N4O. The van der Waals surface area contributed by atoms with Crippen LogP contribution in [0.3, 0.4) is 0 Å². The molecule has 0 aromatic heterocycles. The lowest BCUT2D eigenvalue weighted by atomic mass is 10.2. The first kappa shape index (κ1) is 18.4. The minimum absolute atomic E-state index is 0.0894. The minimum atomic E-state index is -0.466. The lowest BCUT2D eigenvalue weighted by Gasteiger charge is -2.36. The number of para-hydroxylation sites is 1. The average Bonchev–Trinajstić information content (AvgIpc) is 2.70. The van der Waals surface area contributed by atoms with Gasteiger partial charge < -0.3 is 15.1 Å². The van der Waals surface area contributed by atoms with E-state index in [-0.39, 0.29) is 17.1 Å². The first-order valence-corrected chi connectivity index (χ1v) is 8.49. The largest absolute Gasteiger partial charge is 0.368 e. The van der Waals surface area contributed by atoms with Crippen molar-refractivity contribution in [1.29, 1.82) is 5.26 Å². The first-order valence-electron chi connectivity index (χ1n) is 8.49. The number of amides is 1. The summed E-state index contributed by atoms with van der Waals surface area (Å²) in [6, 6.07) is 14.1. The molecule has 2 aromatic rings. The van der Waals surface area contributed by atoms with Crippen LogP contribution < -0.4 is 10.2 Å². The highest BCUT2D eigenvalue weighted by molar-refractivity contribution is 5.97. The summed E-state index contributed by atoms with van der Waals surface area (Å²) in [6.45, 7) is 2.04. The molecule has 0 spiro atoms. The molecule has 0 saturated carbocycles. The van der Waals surface area contributed by atoms with E-state index in [1.54, 1.807) is 29.2 Å². The Morgan fingerprint density at radius 3 is 2.33 bits per heavy atom. The Morgan fingerprint density at radius 2 is 1.70 bits per heavy atom. The maximum absolute atomic E-state index is 13.6. The van der Waals surface area contributed by atoms with E-state index in [9.17, 15) is 18.8 Å². The van der Waals surface area contributed by atoms with E-state index in [1.165, 1.54) is 30.5 Å².